The molecule has 0 amide bonds. The number of aliphatic hydroxyl groups is 1. The van der Waals surface area contributed by atoms with Gasteiger partial charge in [0.05, 0.1) is 19.8 Å². The molecule has 16 heteroatoms. The Hall–Kier alpha value is -1.73. The van der Waals surface area contributed by atoms with Gasteiger partial charge >= 0.3 is 27.6 Å². The van der Waals surface area contributed by atoms with E-state index in [9.17, 15) is 33.5 Å². The van der Waals surface area contributed by atoms with Gasteiger partial charge in [0, 0.05) is 19.3 Å². The molecule has 0 fully saturated rings. The molecule has 0 aliphatic carbocycles. The Bertz CT molecular complexity index is 1250. The van der Waals surface area contributed by atoms with Gasteiger partial charge in [0.15, 0.2) is 11.9 Å². The monoisotopic (exact) mass is 911 g/mol. The first-order chi connectivity index (χ1) is 29.1. The molecule has 1 unspecified atom stereocenters. The number of allylic oxidation sites excluding steroid dienone is 4. The molecule has 0 aliphatic rings. The van der Waals surface area contributed by atoms with Crippen molar-refractivity contribution in [3.8, 4) is 0 Å². The zero-order valence-electron chi connectivity index (χ0n) is 37.9. The Balaban J connectivity index is 4.52. The van der Waals surface area contributed by atoms with Gasteiger partial charge in [-0.25, -0.2) is 9.13 Å². The van der Waals surface area contributed by atoms with Crippen LogP contribution in [0, 0.1) is 5.92 Å². The Morgan fingerprint density at radius 2 is 1.03 bits per heavy atom. The minimum atomic E-state index is -4.88. The minimum absolute atomic E-state index is 0.0501. The first kappa shape index (κ1) is 59.3. The number of esters is 2. The first-order valence-corrected chi connectivity index (χ1v) is 26.4. The number of ether oxygens (including phenoxy) is 2. The van der Waals surface area contributed by atoms with Crippen molar-refractivity contribution in [1.82, 2.24) is 0 Å². The highest BCUT2D eigenvalue weighted by molar-refractivity contribution is 7.47. The third-order valence-corrected chi connectivity index (χ3v) is 11.4. The van der Waals surface area contributed by atoms with E-state index in [2.05, 4.69) is 35.9 Å². The summed E-state index contributed by atoms with van der Waals surface area (Å²) in [6.45, 7) is 3.93. The van der Waals surface area contributed by atoms with Crippen LogP contribution in [0.15, 0.2) is 24.3 Å². The average Bonchev–Trinajstić information content (AvgIpc) is 3.20. The lowest BCUT2D eigenvalue weighted by atomic mass is 10.0. The molecule has 0 bridgehead atoms. The number of ketones is 1. The van der Waals surface area contributed by atoms with Gasteiger partial charge in [-0.15, -0.1) is 0 Å². The van der Waals surface area contributed by atoms with E-state index in [1.165, 1.54) is 89.9 Å². The van der Waals surface area contributed by atoms with Gasteiger partial charge in [0.1, 0.15) is 12.7 Å². The van der Waals surface area contributed by atoms with Crippen molar-refractivity contribution in [2.75, 3.05) is 26.4 Å². The van der Waals surface area contributed by atoms with Gasteiger partial charge in [-0.2, -0.15) is 0 Å². The summed E-state index contributed by atoms with van der Waals surface area (Å²) >= 11 is 0. The van der Waals surface area contributed by atoms with Crippen molar-refractivity contribution in [3.63, 3.8) is 0 Å². The molecule has 0 aliphatic heterocycles. The number of hydrogen-bond donors (Lipinski definition) is 4. The summed E-state index contributed by atoms with van der Waals surface area (Å²) in [6, 6.07) is 0. The highest BCUT2D eigenvalue weighted by atomic mass is 31.2. The summed E-state index contributed by atoms with van der Waals surface area (Å²) < 4.78 is 47.8. The Kier molecular flexibility index (Phi) is 38.7. The van der Waals surface area contributed by atoms with Gasteiger partial charge in [-0.1, -0.05) is 167 Å². The molecule has 0 saturated heterocycles. The molecule has 61 heavy (non-hydrogen) atoms. The van der Waals surface area contributed by atoms with E-state index >= 15 is 0 Å². The fourth-order valence-electron chi connectivity index (χ4n) is 6.40. The van der Waals surface area contributed by atoms with E-state index in [1.54, 1.807) is 12.2 Å². The van der Waals surface area contributed by atoms with Crippen LogP contribution in [0.1, 0.15) is 201 Å². The van der Waals surface area contributed by atoms with Crippen LogP contribution in [0.2, 0.25) is 0 Å². The molecule has 0 spiro atoms. The molecular weight excluding hydrogens is 826 g/mol. The van der Waals surface area contributed by atoms with Crippen molar-refractivity contribution < 1.29 is 66.3 Å². The SMILES string of the molecule is CCCCC/C=C\C=C\C(=O)CCCCCCCC(=O)O[C@H](COC(=O)CCCCCCCCCCCCCCCCCC(C)C)COP(=O)(O)OC[C@@H](O)COP(=O)(O)O. The van der Waals surface area contributed by atoms with Crippen molar-refractivity contribution >= 4 is 33.4 Å². The van der Waals surface area contributed by atoms with Crippen molar-refractivity contribution in [1.29, 1.82) is 0 Å². The number of phosphoric ester groups is 2. The quantitative estimate of drug-likeness (QED) is 0.0147. The van der Waals surface area contributed by atoms with E-state index in [4.69, 9.17) is 23.8 Å². The topological polar surface area (TPSA) is 212 Å². The summed E-state index contributed by atoms with van der Waals surface area (Å²) in [6.07, 6.45) is 32.8. The molecule has 358 valence electrons. The Morgan fingerprint density at radius 3 is 1.56 bits per heavy atom. The van der Waals surface area contributed by atoms with Gasteiger partial charge in [0.2, 0.25) is 0 Å². The molecule has 4 N–H and O–H groups in total. The molecule has 0 radical (unpaired) electrons. The number of hydrogen-bond acceptors (Lipinski definition) is 11. The second-order valence-corrected chi connectivity index (χ2v) is 19.2. The molecule has 3 atom stereocenters. The Morgan fingerprint density at radius 1 is 0.557 bits per heavy atom. The maximum Gasteiger partial charge on any atom is 0.472 e. The Labute approximate surface area is 368 Å². The second-order valence-electron chi connectivity index (χ2n) is 16.5. The molecule has 0 saturated carbocycles. The van der Waals surface area contributed by atoms with Crippen molar-refractivity contribution in [2.24, 2.45) is 5.92 Å². The summed E-state index contributed by atoms with van der Waals surface area (Å²) in [7, 11) is -9.71. The highest BCUT2D eigenvalue weighted by Crippen LogP contribution is 2.43. The number of unbranched alkanes of at least 4 members (excludes halogenated alkanes) is 21. The van der Waals surface area contributed by atoms with E-state index in [0.29, 0.717) is 19.3 Å². The van der Waals surface area contributed by atoms with E-state index in [-0.39, 0.29) is 18.6 Å². The third kappa shape index (κ3) is 44.7. The molecule has 0 rings (SSSR count). The van der Waals surface area contributed by atoms with Crippen LogP contribution in [-0.4, -0.2) is 76.1 Å². The number of carbonyl (C=O) groups excluding carboxylic acids is 3. The second kappa shape index (κ2) is 39.8. The fraction of sp³-hybridized carbons (Fsp3) is 0.844. The minimum Gasteiger partial charge on any atom is -0.462 e. The normalized spacial score (nSPS) is 14.2. The summed E-state index contributed by atoms with van der Waals surface area (Å²) in [5.41, 5.74) is 0. The predicted octanol–water partition coefficient (Wildman–Crippen LogP) is 11.3. The molecule has 0 aromatic rings. The van der Waals surface area contributed by atoms with Crippen LogP contribution < -0.4 is 0 Å². The fourth-order valence-corrected chi connectivity index (χ4v) is 7.55. The largest absolute Gasteiger partial charge is 0.472 e. The lowest BCUT2D eigenvalue weighted by Gasteiger charge is -2.20. The van der Waals surface area contributed by atoms with Crippen LogP contribution >= 0.6 is 15.6 Å². The van der Waals surface area contributed by atoms with E-state index < -0.39 is 66.2 Å². The average molecular weight is 911 g/mol. The smallest absolute Gasteiger partial charge is 0.462 e. The first-order valence-electron chi connectivity index (χ1n) is 23.3. The standard InChI is InChI=1S/C45H84O14P2/c1-4-5-6-7-17-22-27-32-41(46)33-28-23-20-25-30-35-45(49)59-43(39-58-61(53,54)57-37-42(47)36-56-60(50,51)52)38-55-44(48)34-29-24-19-16-14-12-10-8-9-11-13-15-18-21-26-31-40(2)3/h17,22,27,32,40,42-43,47H,4-16,18-21,23-26,28-31,33-39H2,1-3H3,(H,53,54)(H2,50,51,52)/b22-17-,32-27+/t42-,43+/m0/s1. The highest BCUT2D eigenvalue weighted by Gasteiger charge is 2.28. The zero-order valence-corrected chi connectivity index (χ0v) is 39.7. The van der Waals surface area contributed by atoms with Gasteiger partial charge < -0.3 is 29.3 Å². The summed E-state index contributed by atoms with van der Waals surface area (Å²) in [5.74, 6) is -0.225. The zero-order chi connectivity index (χ0) is 45.5. The lowest BCUT2D eigenvalue weighted by molar-refractivity contribution is -0.161. The molecule has 0 heterocycles. The van der Waals surface area contributed by atoms with Crippen LogP contribution in [0.5, 0.6) is 0 Å². The van der Waals surface area contributed by atoms with Crippen LogP contribution in [0.3, 0.4) is 0 Å². The number of carbonyl (C=O) groups is 3. The molecule has 0 aromatic carbocycles. The third-order valence-electron chi connectivity index (χ3n) is 9.99. The lowest BCUT2D eigenvalue weighted by Crippen LogP contribution is -2.30. The van der Waals surface area contributed by atoms with Gasteiger partial charge in [0.25, 0.3) is 0 Å². The van der Waals surface area contributed by atoms with Crippen LogP contribution in [-0.2, 0) is 46.6 Å². The maximum absolute atomic E-state index is 12.7. The predicted molar refractivity (Wildman–Crippen MR) is 240 cm³/mol. The molecule has 14 nitrogen and oxygen atoms in total. The van der Waals surface area contributed by atoms with E-state index in [1.807, 2.05) is 6.08 Å². The van der Waals surface area contributed by atoms with E-state index in [0.717, 1.165) is 63.7 Å². The molecule has 0 aromatic heterocycles. The summed E-state index contributed by atoms with van der Waals surface area (Å²) in [5, 5.41) is 9.75. The number of aliphatic hydroxyl groups excluding tert-OH is 1. The van der Waals surface area contributed by atoms with Crippen molar-refractivity contribution in [2.45, 2.75) is 213 Å². The van der Waals surface area contributed by atoms with Crippen LogP contribution in [0.25, 0.3) is 0 Å². The van der Waals surface area contributed by atoms with Crippen molar-refractivity contribution in [3.05, 3.63) is 24.3 Å². The number of rotatable bonds is 44. The molecular formula is C45H84O14P2. The van der Waals surface area contributed by atoms with Gasteiger partial charge in [-0.3, -0.25) is 28.0 Å². The van der Waals surface area contributed by atoms with Crippen LogP contribution in [0.4, 0.5) is 0 Å². The maximum atomic E-state index is 12.7. The number of phosphoric acid groups is 2. The van der Waals surface area contributed by atoms with Gasteiger partial charge in [-0.05, 0) is 44.1 Å². The summed E-state index contributed by atoms with van der Waals surface area (Å²) in [4.78, 5) is 64.8.